The summed E-state index contributed by atoms with van der Waals surface area (Å²) in [5.74, 6) is 1.80. The van der Waals surface area contributed by atoms with E-state index < -0.39 is 0 Å². The van der Waals surface area contributed by atoms with Gasteiger partial charge in [-0.05, 0) is 45.4 Å². The van der Waals surface area contributed by atoms with E-state index in [0.29, 0.717) is 0 Å². The van der Waals surface area contributed by atoms with Gasteiger partial charge in [-0.2, -0.15) is 0 Å². The molecule has 0 aromatic heterocycles. The Kier molecular flexibility index (Phi) is 7.42. The van der Waals surface area contributed by atoms with Crippen molar-refractivity contribution in [1.82, 2.24) is 10.6 Å². The molecule has 1 aliphatic carbocycles. The van der Waals surface area contributed by atoms with E-state index >= 15 is 0 Å². The molecule has 4 nitrogen and oxygen atoms in total. The van der Waals surface area contributed by atoms with Gasteiger partial charge in [-0.3, -0.25) is 4.99 Å². The second-order valence-corrected chi connectivity index (χ2v) is 5.77. The molecule has 2 rings (SSSR count). The topological polar surface area (TPSA) is 45.7 Å². The van der Waals surface area contributed by atoms with E-state index in [-0.39, 0.29) is 29.6 Å². The zero-order valence-corrected chi connectivity index (χ0v) is 14.5. The van der Waals surface area contributed by atoms with Crippen molar-refractivity contribution in [1.29, 1.82) is 0 Å². The van der Waals surface area contributed by atoms with Crippen LogP contribution in [0.2, 0.25) is 0 Å². The number of ether oxygens (including phenoxy) is 1. The Bertz CT molecular complexity index is 286. The Morgan fingerprint density at radius 2 is 2.11 bits per heavy atom. The van der Waals surface area contributed by atoms with Crippen molar-refractivity contribution in [3.8, 4) is 0 Å². The molecule has 0 bridgehead atoms. The van der Waals surface area contributed by atoms with E-state index in [2.05, 4.69) is 29.5 Å². The van der Waals surface area contributed by atoms with Gasteiger partial charge in [0.2, 0.25) is 0 Å². The fraction of sp³-hybridized carbons (Fsp3) is 0.929. The minimum Gasteiger partial charge on any atom is -0.373 e. The molecule has 2 aliphatic rings. The third kappa shape index (κ3) is 5.45. The first-order valence-corrected chi connectivity index (χ1v) is 7.38. The van der Waals surface area contributed by atoms with E-state index in [0.717, 1.165) is 51.0 Å². The number of halogens is 1. The van der Waals surface area contributed by atoms with Crippen LogP contribution in [0.3, 0.4) is 0 Å². The minimum absolute atomic E-state index is 0. The van der Waals surface area contributed by atoms with Gasteiger partial charge in [0.15, 0.2) is 5.96 Å². The van der Waals surface area contributed by atoms with Crippen molar-refractivity contribution >= 4 is 29.9 Å². The maximum absolute atomic E-state index is 5.76. The maximum Gasteiger partial charge on any atom is 0.191 e. The van der Waals surface area contributed by atoms with Gasteiger partial charge in [-0.25, -0.2) is 0 Å². The summed E-state index contributed by atoms with van der Waals surface area (Å²) in [5, 5.41) is 6.76. The fourth-order valence-electron chi connectivity index (χ4n) is 2.49. The second-order valence-electron chi connectivity index (χ2n) is 5.77. The standard InChI is InChI=1S/C14H27N3O.HI/c1-3-15-13(16-10-12-6-4-7-12)17-11-14(2)8-5-9-18-14;/h12H,3-11H2,1-2H3,(H2,15,16,17);1H. The molecular weight excluding hydrogens is 353 g/mol. The molecule has 2 fully saturated rings. The van der Waals surface area contributed by atoms with E-state index in [1.54, 1.807) is 0 Å². The number of nitrogens with zero attached hydrogens (tertiary/aromatic N) is 1. The summed E-state index contributed by atoms with van der Waals surface area (Å²) in [7, 11) is 0. The minimum atomic E-state index is -0.0428. The predicted molar refractivity (Wildman–Crippen MR) is 90.3 cm³/mol. The molecule has 0 aromatic rings. The molecule has 19 heavy (non-hydrogen) atoms. The van der Waals surface area contributed by atoms with Gasteiger partial charge in [0.1, 0.15) is 0 Å². The summed E-state index contributed by atoms with van der Waals surface area (Å²) >= 11 is 0. The van der Waals surface area contributed by atoms with Crippen molar-refractivity contribution in [2.24, 2.45) is 10.9 Å². The summed E-state index contributed by atoms with van der Waals surface area (Å²) < 4.78 is 5.76. The van der Waals surface area contributed by atoms with Crippen molar-refractivity contribution in [2.45, 2.75) is 51.6 Å². The molecule has 112 valence electrons. The van der Waals surface area contributed by atoms with Crippen LogP contribution in [0.5, 0.6) is 0 Å². The average molecular weight is 381 g/mol. The van der Waals surface area contributed by atoms with Gasteiger partial charge in [0.05, 0.1) is 12.1 Å². The van der Waals surface area contributed by atoms with Gasteiger partial charge < -0.3 is 15.4 Å². The highest BCUT2D eigenvalue weighted by Gasteiger charge is 2.29. The summed E-state index contributed by atoms with van der Waals surface area (Å²) in [5.41, 5.74) is -0.0428. The first-order chi connectivity index (χ1) is 8.72. The molecule has 1 saturated heterocycles. The molecule has 0 amide bonds. The Morgan fingerprint density at radius 3 is 2.63 bits per heavy atom. The molecule has 0 spiro atoms. The number of hydrogen-bond acceptors (Lipinski definition) is 2. The third-order valence-electron chi connectivity index (χ3n) is 4.00. The van der Waals surface area contributed by atoms with Crippen LogP contribution in [-0.4, -0.2) is 37.8 Å². The maximum atomic E-state index is 5.76. The molecule has 0 radical (unpaired) electrons. The van der Waals surface area contributed by atoms with Crippen LogP contribution in [0.25, 0.3) is 0 Å². The SMILES string of the molecule is CCNC(=NCC1(C)CCCO1)NCC1CCC1.I. The molecule has 1 aliphatic heterocycles. The largest absolute Gasteiger partial charge is 0.373 e. The average Bonchev–Trinajstić information content (AvgIpc) is 2.71. The number of rotatable bonds is 5. The van der Waals surface area contributed by atoms with Crippen LogP contribution in [0.15, 0.2) is 4.99 Å². The summed E-state index contributed by atoms with van der Waals surface area (Å²) in [6.45, 7) is 7.88. The lowest BCUT2D eigenvalue weighted by Gasteiger charge is -2.27. The van der Waals surface area contributed by atoms with Crippen LogP contribution in [0.1, 0.15) is 46.0 Å². The van der Waals surface area contributed by atoms with E-state index in [1.807, 2.05) is 0 Å². The first kappa shape index (κ1) is 17.0. The Labute approximate surface area is 134 Å². The van der Waals surface area contributed by atoms with Crippen molar-refractivity contribution in [2.75, 3.05) is 26.2 Å². The summed E-state index contributed by atoms with van der Waals surface area (Å²) in [6, 6.07) is 0. The van der Waals surface area contributed by atoms with Crippen LogP contribution < -0.4 is 10.6 Å². The predicted octanol–water partition coefficient (Wildman–Crippen LogP) is 2.53. The van der Waals surface area contributed by atoms with Crippen LogP contribution in [-0.2, 0) is 4.74 Å². The van der Waals surface area contributed by atoms with Gasteiger partial charge >= 0.3 is 0 Å². The fourth-order valence-corrected chi connectivity index (χ4v) is 2.49. The normalized spacial score (nSPS) is 27.6. The highest BCUT2D eigenvalue weighted by atomic mass is 127. The molecule has 2 N–H and O–H groups in total. The number of nitrogens with one attached hydrogen (secondary N) is 2. The molecule has 1 unspecified atom stereocenters. The van der Waals surface area contributed by atoms with Crippen molar-refractivity contribution in [3.05, 3.63) is 0 Å². The van der Waals surface area contributed by atoms with Crippen LogP contribution in [0.4, 0.5) is 0 Å². The highest BCUT2D eigenvalue weighted by molar-refractivity contribution is 14.0. The number of aliphatic imine (C=N–C) groups is 1. The molecule has 1 atom stereocenters. The highest BCUT2D eigenvalue weighted by Crippen LogP contribution is 2.26. The second kappa shape index (κ2) is 8.29. The molecule has 1 saturated carbocycles. The van der Waals surface area contributed by atoms with E-state index in [4.69, 9.17) is 4.74 Å². The lowest BCUT2D eigenvalue weighted by molar-refractivity contribution is 0.0283. The molecular formula is C14H28IN3O. The van der Waals surface area contributed by atoms with Crippen molar-refractivity contribution in [3.63, 3.8) is 0 Å². The smallest absolute Gasteiger partial charge is 0.191 e. The summed E-state index contributed by atoms with van der Waals surface area (Å²) in [6.07, 6.45) is 6.42. The van der Waals surface area contributed by atoms with E-state index in [9.17, 15) is 0 Å². The Hall–Kier alpha value is -0.0400. The van der Waals surface area contributed by atoms with Crippen molar-refractivity contribution < 1.29 is 4.74 Å². The van der Waals surface area contributed by atoms with Gasteiger partial charge in [0.25, 0.3) is 0 Å². The third-order valence-corrected chi connectivity index (χ3v) is 4.00. The Balaban J connectivity index is 0.00000180. The zero-order chi connectivity index (χ0) is 12.8. The quantitative estimate of drug-likeness (QED) is 0.437. The number of guanidine groups is 1. The monoisotopic (exact) mass is 381 g/mol. The Morgan fingerprint density at radius 1 is 1.32 bits per heavy atom. The van der Waals surface area contributed by atoms with Crippen LogP contribution in [0, 0.1) is 5.92 Å². The lowest BCUT2D eigenvalue weighted by Crippen LogP contribution is -2.42. The summed E-state index contributed by atoms with van der Waals surface area (Å²) in [4.78, 5) is 4.67. The first-order valence-electron chi connectivity index (χ1n) is 7.38. The van der Waals surface area contributed by atoms with Gasteiger partial charge in [-0.15, -0.1) is 24.0 Å². The lowest BCUT2D eigenvalue weighted by atomic mass is 9.85. The molecule has 5 heteroatoms. The zero-order valence-electron chi connectivity index (χ0n) is 12.2. The molecule has 1 heterocycles. The van der Waals surface area contributed by atoms with E-state index in [1.165, 1.54) is 19.3 Å². The van der Waals surface area contributed by atoms with Gasteiger partial charge in [-0.1, -0.05) is 6.42 Å². The van der Waals surface area contributed by atoms with Crippen LogP contribution >= 0.6 is 24.0 Å². The molecule has 0 aromatic carbocycles. The van der Waals surface area contributed by atoms with Gasteiger partial charge in [0, 0.05) is 19.7 Å². The number of hydrogen-bond donors (Lipinski definition) is 2.